The molecule has 0 aliphatic heterocycles. The molecule has 0 unspecified atom stereocenters. The van der Waals surface area contributed by atoms with Crippen LogP contribution in [0.15, 0.2) is 0 Å². The minimum atomic E-state index is 0.258. The summed E-state index contributed by atoms with van der Waals surface area (Å²) < 4.78 is 0. The summed E-state index contributed by atoms with van der Waals surface area (Å²) >= 11 is 0. The van der Waals surface area contributed by atoms with Gasteiger partial charge in [-0.3, -0.25) is 0 Å². The minimum Gasteiger partial charge on any atom is -0.395 e. The Labute approximate surface area is 91.1 Å². The van der Waals surface area contributed by atoms with E-state index in [9.17, 15) is 0 Å². The predicted molar refractivity (Wildman–Crippen MR) is 66.8 cm³/mol. The summed E-state index contributed by atoms with van der Waals surface area (Å²) in [6.45, 7) is 12.3. The predicted octanol–water partition coefficient (Wildman–Crippen LogP) is 3.20. The van der Waals surface area contributed by atoms with Gasteiger partial charge in [-0.2, -0.15) is 0 Å². The van der Waals surface area contributed by atoms with E-state index in [2.05, 4.69) is 12.2 Å². The minimum absolute atomic E-state index is 0.258. The molecular formula is C12H31NO. The third-order valence-electron chi connectivity index (χ3n) is 1.50. The van der Waals surface area contributed by atoms with Crippen LogP contribution in [0, 0.1) is 0 Å². The van der Waals surface area contributed by atoms with Crippen LogP contribution in [0.2, 0.25) is 0 Å². The van der Waals surface area contributed by atoms with Crippen LogP contribution < -0.4 is 5.32 Å². The quantitative estimate of drug-likeness (QED) is 0.626. The number of nitrogens with one attached hydrogen (secondary N) is 1. The first-order chi connectivity index (χ1) is 6.91. The molecule has 0 atom stereocenters. The summed E-state index contributed by atoms with van der Waals surface area (Å²) in [6.07, 6.45) is 5.18. The molecular weight excluding hydrogens is 174 g/mol. The molecule has 0 fully saturated rings. The van der Waals surface area contributed by atoms with Crippen LogP contribution in [0.3, 0.4) is 0 Å². The van der Waals surface area contributed by atoms with E-state index in [1.165, 1.54) is 25.7 Å². The molecule has 0 aliphatic rings. The summed E-state index contributed by atoms with van der Waals surface area (Å²) in [5, 5.41) is 11.6. The van der Waals surface area contributed by atoms with E-state index in [0.717, 1.165) is 13.1 Å². The second kappa shape index (κ2) is 29.3. The van der Waals surface area contributed by atoms with Crippen molar-refractivity contribution < 1.29 is 5.11 Å². The lowest BCUT2D eigenvalue weighted by molar-refractivity contribution is 0.292. The first kappa shape index (κ1) is 19.5. The lowest BCUT2D eigenvalue weighted by Gasteiger charge is -2.00. The zero-order chi connectivity index (χ0) is 11.7. The molecule has 0 aliphatic carbocycles. The van der Waals surface area contributed by atoms with Gasteiger partial charge < -0.3 is 10.4 Å². The highest BCUT2D eigenvalue weighted by molar-refractivity contribution is 4.46. The van der Waals surface area contributed by atoms with Gasteiger partial charge in [0.1, 0.15) is 0 Å². The average molecular weight is 205 g/mol. The average Bonchev–Trinajstić information content (AvgIpc) is 2.29. The smallest absolute Gasteiger partial charge is 0.0555 e. The zero-order valence-electron chi connectivity index (χ0n) is 10.9. The summed E-state index contributed by atoms with van der Waals surface area (Å²) in [7, 11) is 0. The van der Waals surface area contributed by atoms with E-state index < -0.39 is 0 Å². The van der Waals surface area contributed by atoms with E-state index in [1.807, 2.05) is 27.7 Å². The van der Waals surface area contributed by atoms with Crippen LogP contribution in [-0.2, 0) is 0 Å². The molecule has 2 heteroatoms. The summed E-state index contributed by atoms with van der Waals surface area (Å²) in [5.41, 5.74) is 0. The molecule has 0 radical (unpaired) electrons. The fraction of sp³-hybridized carbons (Fsp3) is 1.00. The van der Waals surface area contributed by atoms with Crippen LogP contribution in [0.25, 0.3) is 0 Å². The van der Waals surface area contributed by atoms with Gasteiger partial charge in [0.15, 0.2) is 0 Å². The molecule has 0 amide bonds. The Bertz CT molecular complexity index is 50.3. The monoisotopic (exact) mass is 205 g/mol. The third kappa shape index (κ3) is 29.7. The number of aliphatic hydroxyl groups excluding tert-OH is 1. The summed E-state index contributed by atoms with van der Waals surface area (Å²) in [4.78, 5) is 0. The van der Waals surface area contributed by atoms with Crippen molar-refractivity contribution in [2.24, 2.45) is 0 Å². The SMILES string of the molecule is CC.CC.CCCCCCNCCO. The molecule has 0 saturated carbocycles. The van der Waals surface area contributed by atoms with E-state index in [4.69, 9.17) is 5.11 Å². The fourth-order valence-electron chi connectivity index (χ4n) is 0.881. The lowest BCUT2D eigenvalue weighted by Crippen LogP contribution is -2.19. The van der Waals surface area contributed by atoms with Gasteiger partial charge in [-0.05, 0) is 13.0 Å². The first-order valence-electron chi connectivity index (χ1n) is 6.23. The number of unbranched alkanes of at least 4 members (excludes halogenated alkanes) is 3. The van der Waals surface area contributed by atoms with Gasteiger partial charge in [0.05, 0.1) is 6.61 Å². The molecule has 0 rings (SSSR count). The Balaban J connectivity index is -0.000000266. The van der Waals surface area contributed by atoms with E-state index in [1.54, 1.807) is 0 Å². The van der Waals surface area contributed by atoms with Crippen molar-refractivity contribution in [1.29, 1.82) is 0 Å². The molecule has 0 aromatic heterocycles. The fourth-order valence-corrected chi connectivity index (χ4v) is 0.881. The summed E-state index contributed by atoms with van der Waals surface area (Å²) in [5.74, 6) is 0. The standard InChI is InChI=1S/C8H19NO.2C2H6/c1-2-3-4-5-6-9-7-8-10;2*1-2/h9-10H,2-8H2,1H3;2*1-2H3. The maximum absolute atomic E-state index is 8.41. The van der Waals surface area contributed by atoms with Crippen molar-refractivity contribution in [2.45, 2.75) is 60.3 Å². The Morgan fingerprint density at radius 2 is 1.43 bits per heavy atom. The topological polar surface area (TPSA) is 32.3 Å². The van der Waals surface area contributed by atoms with Gasteiger partial charge in [0.2, 0.25) is 0 Å². The van der Waals surface area contributed by atoms with Crippen molar-refractivity contribution in [2.75, 3.05) is 19.7 Å². The molecule has 2 nitrogen and oxygen atoms in total. The second-order valence-electron chi connectivity index (χ2n) is 2.53. The van der Waals surface area contributed by atoms with Crippen molar-refractivity contribution in [3.05, 3.63) is 0 Å². The van der Waals surface area contributed by atoms with Crippen LogP contribution >= 0.6 is 0 Å². The van der Waals surface area contributed by atoms with Gasteiger partial charge >= 0.3 is 0 Å². The first-order valence-corrected chi connectivity index (χ1v) is 6.23. The van der Waals surface area contributed by atoms with Crippen LogP contribution in [0.5, 0.6) is 0 Å². The van der Waals surface area contributed by atoms with Gasteiger partial charge in [-0.15, -0.1) is 0 Å². The third-order valence-corrected chi connectivity index (χ3v) is 1.50. The van der Waals surface area contributed by atoms with Crippen LogP contribution in [-0.4, -0.2) is 24.8 Å². The Kier molecular flexibility index (Phi) is 40.7. The van der Waals surface area contributed by atoms with Crippen molar-refractivity contribution >= 4 is 0 Å². The highest BCUT2D eigenvalue weighted by Gasteiger charge is 1.86. The van der Waals surface area contributed by atoms with Crippen molar-refractivity contribution in [3.8, 4) is 0 Å². The summed E-state index contributed by atoms with van der Waals surface area (Å²) in [6, 6.07) is 0. The highest BCUT2D eigenvalue weighted by atomic mass is 16.3. The van der Waals surface area contributed by atoms with Crippen molar-refractivity contribution in [1.82, 2.24) is 5.32 Å². The Morgan fingerprint density at radius 1 is 0.857 bits per heavy atom. The highest BCUT2D eigenvalue weighted by Crippen LogP contribution is 1.96. The van der Waals surface area contributed by atoms with Gasteiger partial charge in [0, 0.05) is 6.54 Å². The van der Waals surface area contributed by atoms with E-state index in [-0.39, 0.29) is 6.61 Å². The molecule has 0 aromatic carbocycles. The molecule has 0 aromatic rings. The number of hydrogen-bond donors (Lipinski definition) is 2. The van der Waals surface area contributed by atoms with Crippen LogP contribution in [0.1, 0.15) is 60.3 Å². The van der Waals surface area contributed by atoms with E-state index >= 15 is 0 Å². The maximum atomic E-state index is 8.41. The van der Waals surface area contributed by atoms with Gasteiger partial charge in [-0.1, -0.05) is 53.9 Å². The molecule has 90 valence electrons. The molecule has 0 bridgehead atoms. The molecule has 2 N–H and O–H groups in total. The molecule has 0 heterocycles. The number of aliphatic hydroxyl groups is 1. The zero-order valence-corrected chi connectivity index (χ0v) is 10.9. The molecule has 0 spiro atoms. The Hall–Kier alpha value is -0.0800. The lowest BCUT2D eigenvalue weighted by atomic mass is 10.2. The maximum Gasteiger partial charge on any atom is 0.0555 e. The molecule has 14 heavy (non-hydrogen) atoms. The largest absolute Gasteiger partial charge is 0.395 e. The normalized spacial score (nSPS) is 8.14. The number of rotatable bonds is 7. The number of hydrogen-bond acceptors (Lipinski definition) is 2. The van der Waals surface area contributed by atoms with Gasteiger partial charge in [0.25, 0.3) is 0 Å². The van der Waals surface area contributed by atoms with Gasteiger partial charge in [-0.25, -0.2) is 0 Å². The second-order valence-corrected chi connectivity index (χ2v) is 2.53. The molecule has 0 saturated heterocycles. The van der Waals surface area contributed by atoms with Crippen molar-refractivity contribution in [3.63, 3.8) is 0 Å². The van der Waals surface area contributed by atoms with E-state index in [0.29, 0.717) is 0 Å². The Morgan fingerprint density at radius 3 is 1.86 bits per heavy atom. The van der Waals surface area contributed by atoms with Crippen LogP contribution in [0.4, 0.5) is 0 Å².